The largest absolute Gasteiger partial charge is 0.479 e. The lowest BCUT2D eigenvalue weighted by atomic mass is 10.3. The number of ether oxygens (including phenoxy) is 1. The maximum atomic E-state index is 12.2. The van der Waals surface area contributed by atoms with Gasteiger partial charge in [0.15, 0.2) is 6.10 Å². The van der Waals surface area contributed by atoms with Crippen LogP contribution in [-0.2, 0) is 4.79 Å². The van der Waals surface area contributed by atoms with E-state index in [9.17, 15) is 4.79 Å². The van der Waals surface area contributed by atoms with Crippen LogP contribution in [0, 0.1) is 0 Å². The van der Waals surface area contributed by atoms with Crippen molar-refractivity contribution in [3.8, 4) is 5.75 Å². The summed E-state index contributed by atoms with van der Waals surface area (Å²) in [6.07, 6.45) is -0.784. The number of anilines is 1. The van der Waals surface area contributed by atoms with Crippen molar-refractivity contribution in [3.63, 3.8) is 0 Å². The predicted molar refractivity (Wildman–Crippen MR) is 91.6 cm³/mol. The molecule has 0 spiro atoms. The van der Waals surface area contributed by atoms with Crippen LogP contribution in [0.1, 0.15) is 6.92 Å². The first-order valence-electron chi connectivity index (χ1n) is 6.24. The van der Waals surface area contributed by atoms with Crippen molar-refractivity contribution < 1.29 is 9.53 Å². The topological polar surface area (TPSA) is 38.3 Å². The fourth-order valence-corrected chi connectivity index (χ4v) is 2.43. The molecule has 0 fully saturated rings. The average Bonchev–Trinajstić information content (AvgIpc) is 2.45. The van der Waals surface area contributed by atoms with E-state index < -0.39 is 6.10 Å². The van der Waals surface area contributed by atoms with Crippen molar-refractivity contribution in [2.75, 3.05) is 5.32 Å². The third-order valence-electron chi connectivity index (χ3n) is 2.75. The van der Waals surface area contributed by atoms with Crippen molar-refractivity contribution in [3.05, 3.63) is 56.5 Å². The van der Waals surface area contributed by atoms with Gasteiger partial charge in [-0.1, -0.05) is 46.4 Å². The quantitative estimate of drug-likeness (QED) is 0.740. The van der Waals surface area contributed by atoms with E-state index in [2.05, 4.69) is 5.32 Å². The number of rotatable bonds is 4. The molecule has 0 aliphatic rings. The van der Waals surface area contributed by atoms with Crippen molar-refractivity contribution >= 4 is 58.0 Å². The molecule has 0 heterocycles. The Morgan fingerprint density at radius 2 is 1.64 bits per heavy atom. The van der Waals surface area contributed by atoms with E-state index in [0.717, 1.165) is 0 Å². The summed E-state index contributed by atoms with van der Waals surface area (Å²) in [5, 5.41) is 4.32. The highest BCUT2D eigenvalue weighted by molar-refractivity contribution is 6.36. The second kappa shape index (κ2) is 7.42. The number of carbonyl (C=O) groups excluding carboxylic acids is 1. The number of halogens is 4. The molecule has 1 atom stereocenters. The molecule has 22 heavy (non-hydrogen) atoms. The molecule has 2 aromatic carbocycles. The number of hydrogen-bond donors (Lipinski definition) is 1. The van der Waals surface area contributed by atoms with Crippen LogP contribution in [0.25, 0.3) is 0 Å². The molecule has 1 unspecified atom stereocenters. The highest BCUT2D eigenvalue weighted by Crippen LogP contribution is 2.29. The fraction of sp³-hybridized carbons (Fsp3) is 0.133. The normalized spacial score (nSPS) is 11.9. The van der Waals surface area contributed by atoms with Gasteiger partial charge in [-0.15, -0.1) is 0 Å². The molecule has 0 bridgehead atoms. The third-order valence-corrected chi connectivity index (χ3v) is 3.85. The highest BCUT2D eigenvalue weighted by Gasteiger charge is 2.17. The van der Waals surface area contributed by atoms with Gasteiger partial charge in [-0.3, -0.25) is 4.79 Å². The Morgan fingerprint density at radius 3 is 2.32 bits per heavy atom. The Hall–Kier alpha value is -1.13. The molecule has 0 aliphatic heterocycles. The molecule has 0 radical (unpaired) electrons. The lowest BCUT2D eigenvalue weighted by molar-refractivity contribution is -0.122. The fourth-order valence-electron chi connectivity index (χ4n) is 1.64. The van der Waals surface area contributed by atoms with Gasteiger partial charge >= 0.3 is 0 Å². The average molecular weight is 379 g/mol. The van der Waals surface area contributed by atoms with E-state index in [1.165, 1.54) is 6.07 Å². The summed E-state index contributed by atoms with van der Waals surface area (Å²) in [4.78, 5) is 12.2. The van der Waals surface area contributed by atoms with Crippen LogP contribution in [0.5, 0.6) is 5.75 Å². The minimum Gasteiger partial charge on any atom is -0.479 e. The first kappa shape index (κ1) is 17.2. The monoisotopic (exact) mass is 377 g/mol. The van der Waals surface area contributed by atoms with Crippen LogP contribution in [0.15, 0.2) is 36.4 Å². The molecule has 1 N–H and O–H groups in total. The van der Waals surface area contributed by atoms with Crippen LogP contribution in [0.2, 0.25) is 20.1 Å². The molecule has 0 aliphatic carbocycles. The van der Waals surface area contributed by atoms with Crippen molar-refractivity contribution in [1.29, 1.82) is 0 Å². The van der Waals surface area contributed by atoms with Gasteiger partial charge in [0.1, 0.15) is 5.75 Å². The van der Waals surface area contributed by atoms with Crippen molar-refractivity contribution in [2.45, 2.75) is 13.0 Å². The zero-order valence-corrected chi connectivity index (χ0v) is 14.4. The molecule has 2 rings (SSSR count). The first-order chi connectivity index (χ1) is 10.4. The van der Waals surface area contributed by atoms with Gasteiger partial charge in [0.2, 0.25) is 0 Å². The van der Waals surface area contributed by atoms with E-state index in [4.69, 9.17) is 51.1 Å². The minimum atomic E-state index is -0.784. The van der Waals surface area contributed by atoms with Crippen molar-refractivity contribution in [1.82, 2.24) is 0 Å². The molecule has 0 aromatic heterocycles. The Kier molecular flexibility index (Phi) is 5.81. The van der Waals surface area contributed by atoms with Crippen LogP contribution in [0.3, 0.4) is 0 Å². The summed E-state index contributed by atoms with van der Waals surface area (Å²) in [7, 11) is 0. The summed E-state index contributed by atoms with van der Waals surface area (Å²) in [6.45, 7) is 1.60. The zero-order chi connectivity index (χ0) is 16.3. The Labute approximate surface area is 148 Å². The molecular weight excluding hydrogens is 368 g/mol. The second-order valence-corrected chi connectivity index (χ2v) is 6.14. The summed E-state index contributed by atoms with van der Waals surface area (Å²) in [6, 6.07) is 9.55. The Balaban J connectivity index is 2.07. The number of amides is 1. The van der Waals surface area contributed by atoms with Crippen molar-refractivity contribution in [2.24, 2.45) is 0 Å². The molecule has 0 saturated heterocycles. The molecule has 7 heteroatoms. The lowest BCUT2D eigenvalue weighted by Crippen LogP contribution is -2.30. The number of carbonyl (C=O) groups is 1. The number of hydrogen-bond acceptors (Lipinski definition) is 2. The minimum absolute atomic E-state index is 0.327. The summed E-state index contributed by atoms with van der Waals surface area (Å²) in [5.74, 6) is -0.0129. The van der Waals surface area contributed by atoms with E-state index >= 15 is 0 Å². The van der Waals surface area contributed by atoms with Gasteiger partial charge in [-0.2, -0.15) is 0 Å². The predicted octanol–water partition coefficient (Wildman–Crippen LogP) is 5.71. The molecule has 116 valence electrons. The van der Waals surface area contributed by atoms with Crippen LogP contribution >= 0.6 is 46.4 Å². The molecule has 2 aromatic rings. The second-order valence-electron chi connectivity index (χ2n) is 4.45. The van der Waals surface area contributed by atoms with Crippen LogP contribution < -0.4 is 10.1 Å². The third kappa shape index (κ3) is 4.43. The van der Waals surface area contributed by atoms with Gasteiger partial charge in [-0.25, -0.2) is 0 Å². The maximum absolute atomic E-state index is 12.2. The zero-order valence-electron chi connectivity index (χ0n) is 11.4. The summed E-state index contributed by atoms with van der Waals surface area (Å²) < 4.78 is 5.53. The van der Waals surface area contributed by atoms with E-state index in [0.29, 0.717) is 31.5 Å². The van der Waals surface area contributed by atoms with E-state index in [1.54, 1.807) is 37.3 Å². The van der Waals surface area contributed by atoms with Crippen LogP contribution in [-0.4, -0.2) is 12.0 Å². The van der Waals surface area contributed by atoms with Gasteiger partial charge in [0, 0.05) is 10.0 Å². The van der Waals surface area contributed by atoms with Crippen LogP contribution in [0.4, 0.5) is 5.69 Å². The highest BCUT2D eigenvalue weighted by atomic mass is 35.5. The SMILES string of the molecule is CC(Oc1ccc(Cl)cc1Cl)C(=O)Nc1cc(Cl)ccc1Cl. The molecule has 1 amide bonds. The Bertz CT molecular complexity index is 706. The lowest BCUT2D eigenvalue weighted by Gasteiger charge is -2.16. The van der Waals surface area contributed by atoms with Gasteiger partial charge in [0.25, 0.3) is 5.91 Å². The maximum Gasteiger partial charge on any atom is 0.265 e. The summed E-state index contributed by atoms with van der Waals surface area (Å²) >= 11 is 23.7. The first-order valence-corrected chi connectivity index (χ1v) is 7.75. The number of nitrogens with one attached hydrogen (secondary N) is 1. The van der Waals surface area contributed by atoms with Gasteiger partial charge < -0.3 is 10.1 Å². The molecule has 0 saturated carbocycles. The smallest absolute Gasteiger partial charge is 0.265 e. The standard InChI is InChI=1S/C15H11Cl4NO2/c1-8(22-14-5-3-9(16)6-12(14)19)15(21)20-13-7-10(17)2-4-11(13)18/h2-8H,1H3,(H,20,21). The van der Waals surface area contributed by atoms with E-state index in [1.807, 2.05) is 0 Å². The Morgan fingerprint density at radius 1 is 1.00 bits per heavy atom. The molecular formula is C15H11Cl4NO2. The van der Waals surface area contributed by atoms with Gasteiger partial charge in [0.05, 0.1) is 15.7 Å². The summed E-state index contributed by atoms with van der Waals surface area (Å²) in [5.41, 5.74) is 0.414. The molecule has 3 nitrogen and oxygen atoms in total. The van der Waals surface area contributed by atoms with E-state index in [-0.39, 0.29) is 5.91 Å². The van der Waals surface area contributed by atoms with Gasteiger partial charge in [-0.05, 0) is 43.3 Å². The number of benzene rings is 2.